The van der Waals surface area contributed by atoms with Crippen molar-refractivity contribution in [3.05, 3.63) is 60.3 Å². The molecule has 0 fully saturated rings. The summed E-state index contributed by atoms with van der Waals surface area (Å²) in [6, 6.07) is 15.6. The molecular weight excluding hydrogens is 318 g/mol. The van der Waals surface area contributed by atoms with Crippen LogP contribution >= 0.6 is 0 Å². The van der Waals surface area contributed by atoms with Gasteiger partial charge in [0.25, 0.3) is 0 Å². The number of fused-ring (bicyclic) bond motifs is 1. The minimum atomic E-state index is -0.961. The van der Waals surface area contributed by atoms with E-state index in [-0.39, 0.29) is 31.8 Å². The number of aliphatic carboxylic acids is 1. The average Bonchev–Trinajstić information content (AvgIpc) is 3.02. The van der Waals surface area contributed by atoms with E-state index >= 15 is 0 Å². The predicted octanol–water partition coefficient (Wildman–Crippen LogP) is 3.23. The maximum Gasteiger partial charge on any atom is 0.303 e. The fourth-order valence-corrected chi connectivity index (χ4v) is 2.87. The molecule has 128 valence electrons. The third kappa shape index (κ3) is 3.95. The zero-order chi connectivity index (χ0) is 17.8. The topological polar surface area (TPSA) is 79.5 Å². The molecule has 0 unspecified atom stereocenters. The van der Waals surface area contributed by atoms with Crippen molar-refractivity contribution in [1.82, 2.24) is 4.57 Å². The van der Waals surface area contributed by atoms with Gasteiger partial charge in [-0.2, -0.15) is 0 Å². The van der Waals surface area contributed by atoms with E-state index in [4.69, 9.17) is 5.11 Å². The molecule has 0 spiro atoms. The zero-order valence-corrected chi connectivity index (χ0v) is 13.7. The predicted molar refractivity (Wildman–Crippen MR) is 95.2 cm³/mol. The number of Topliss-reactive ketones (excluding diaryl/α,β-unsaturated/α-hetero) is 1. The molecule has 25 heavy (non-hydrogen) atoms. The number of carboxylic acid groups (broad SMARTS) is 1. The summed E-state index contributed by atoms with van der Waals surface area (Å²) in [7, 11) is 0. The molecule has 1 aromatic heterocycles. The lowest BCUT2D eigenvalue weighted by molar-refractivity contribution is -0.138. The Morgan fingerprint density at radius 1 is 0.960 bits per heavy atom. The molecule has 2 N–H and O–H groups in total. The van der Waals surface area contributed by atoms with Gasteiger partial charge in [-0.05, 0) is 40.3 Å². The third-order valence-electron chi connectivity index (χ3n) is 4.18. The summed E-state index contributed by atoms with van der Waals surface area (Å²) in [6.45, 7) is 0.154. The number of aliphatic hydroxyl groups is 1. The lowest BCUT2D eigenvalue weighted by Crippen LogP contribution is -2.10. The second-order valence-electron chi connectivity index (χ2n) is 6.01. The number of rotatable bonds is 7. The van der Waals surface area contributed by atoms with Crippen LogP contribution in [-0.2, 0) is 22.7 Å². The molecule has 5 heteroatoms. The van der Waals surface area contributed by atoms with Gasteiger partial charge in [0.2, 0.25) is 0 Å². The molecule has 0 bridgehead atoms. The van der Waals surface area contributed by atoms with Gasteiger partial charge < -0.3 is 14.8 Å². The fraction of sp³-hybridized carbons (Fsp3) is 0.200. The highest BCUT2D eigenvalue weighted by Crippen LogP contribution is 2.26. The van der Waals surface area contributed by atoms with Crippen LogP contribution in [0.2, 0.25) is 0 Å². The highest BCUT2D eigenvalue weighted by Gasteiger charge is 2.10. The molecule has 0 saturated carbocycles. The second-order valence-corrected chi connectivity index (χ2v) is 6.01. The van der Waals surface area contributed by atoms with E-state index in [1.165, 1.54) is 0 Å². The van der Waals surface area contributed by atoms with E-state index in [1.807, 2.05) is 59.3 Å². The lowest BCUT2D eigenvalue weighted by Gasteiger charge is -2.08. The van der Waals surface area contributed by atoms with Crippen molar-refractivity contribution in [2.24, 2.45) is 0 Å². The molecule has 5 nitrogen and oxygen atoms in total. The van der Waals surface area contributed by atoms with Crippen molar-refractivity contribution >= 4 is 22.7 Å². The Balaban J connectivity index is 1.89. The van der Waals surface area contributed by atoms with E-state index in [0.717, 1.165) is 27.6 Å². The average molecular weight is 337 g/mol. The van der Waals surface area contributed by atoms with E-state index in [9.17, 15) is 14.7 Å². The van der Waals surface area contributed by atoms with E-state index in [2.05, 4.69) is 0 Å². The maximum absolute atomic E-state index is 12.0. The quantitative estimate of drug-likeness (QED) is 0.694. The van der Waals surface area contributed by atoms with Gasteiger partial charge in [-0.15, -0.1) is 0 Å². The minimum Gasteiger partial charge on any atom is -0.481 e. The molecule has 0 aliphatic carbocycles. The Labute approximate surface area is 145 Å². The first-order valence-corrected chi connectivity index (χ1v) is 8.09. The van der Waals surface area contributed by atoms with Gasteiger partial charge in [-0.1, -0.05) is 30.3 Å². The van der Waals surface area contributed by atoms with Crippen LogP contribution in [0.3, 0.4) is 0 Å². The molecule has 0 aliphatic heterocycles. The smallest absolute Gasteiger partial charge is 0.303 e. The number of hydrogen-bond donors (Lipinski definition) is 2. The number of carbonyl (C=O) groups is 2. The fourth-order valence-electron chi connectivity index (χ4n) is 2.87. The number of ketones is 1. The summed E-state index contributed by atoms with van der Waals surface area (Å²) in [6.07, 6.45) is 1.74. The molecule has 1 heterocycles. The van der Waals surface area contributed by atoms with Gasteiger partial charge in [0.15, 0.2) is 5.78 Å². The summed E-state index contributed by atoms with van der Waals surface area (Å²) >= 11 is 0. The van der Waals surface area contributed by atoms with Gasteiger partial charge in [0.1, 0.15) is 0 Å². The summed E-state index contributed by atoms with van der Waals surface area (Å²) in [5, 5.41) is 19.0. The largest absolute Gasteiger partial charge is 0.481 e. The van der Waals surface area contributed by atoms with Crippen LogP contribution in [-0.4, -0.2) is 26.5 Å². The number of carbonyl (C=O) groups excluding carboxylic acids is 1. The summed E-state index contributed by atoms with van der Waals surface area (Å²) < 4.78 is 1.85. The highest BCUT2D eigenvalue weighted by atomic mass is 16.4. The van der Waals surface area contributed by atoms with E-state index in [1.54, 1.807) is 0 Å². The van der Waals surface area contributed by atoms with Crippen LogP contribution in [0.25, 0.3) is 22.0 Å². The van der Waals surface area contributed by atoms with Crippen LogP contribution in [0, 0.1) is 0 Å². The van der Waals surface area contributed by atoms with E-state index < -0.39 is 5.97 Å². The SMILES string of the molecule is O=C(O)CCC(=O)Cn1ccc2ccc(-c3cccc(CO)c3)cc21. The van der Waals surface area contributed by atoms with Crippen LogP contribution in [0.1, 0.15) is 18.4 Å². The molecule has 0 radical (unpaired) electrons. The highest BCUT2D eigenvalue weighted by molar-refractivity contribution is 5.88. The van der Waals surface area contributed by atoms with E-state index in [0.29, 0.717) is 0 Å². The van der Waals surface area contributed by atoms with Crippen LogP contribution in [0.15, 0.2) is 54.7 Å². The monoisotopic (exact) mass is 337 g/mol. The van der Waals surface area contributed by atoms with Crippen molar-refractivity contribution in [3.8, 4) is 11.1 Å². The van der Waals surface area contributed by atoms with Gasteiger partial charge >= 0.3 is 5.97 Å². The van der Waals surface area contributed by atoms with Crippen molar-refractivity contribution in [2.75, 3.05) is 0 Å². The molecular formula is C20H19NO4. The first kappa shape index (κ1) is 16.9. The lowest BCUT2D eigenvalue weighted by atomic mass is 10.0. The molecule has 0 saturated heterocycles. The van der Waals surface area contributed by atoms with Crippen molar-refractivity contribution < 1.29 is 19.8 Å². The Bertz CT molecular complexity index is 926. The third-order valence-corrected chi connectivity index (χ3v) is 4.18. The van der Waals surface area contributed by atoms with Gasteiger partial charge in [0.05, 0.1) is 19.6 Å². The summed E-state index contributed by atoms with van der Waals surface area (Å²) in [4.78, 5) is 22.6. The van der Waals surface area contributed by atoms with Gasteiger partial charge in [-0.3, -0.25) is 9.59 Å². The Kier molecular flexibility index (Phi) is 4.95. The Morgan fingerprint density at radius 3 is 2.52 bits per heavy atom. The van der Waals surface area contributed by atoms with Crippen molar-refractivity contribution in [2.45, 2.75) is 26.0 Å². The van der Waals surface area contributed by atoms with Crippen molar-refractivity contribution in [1.29, 1.82) is 0 Å². The Morgan fingerprint density at radius 2 is 1.76 bits per heavy atom. The summed E-state index contributed by atoms with van der Waals surface area (Å²) in [5.74, 6) is -1.07. The van der Waals surface area contributed by atoms with Gasteiger partial charge in [-0.25, -0.2) is 0 Å². The maximum atomic E-state index is 12.0. The minimum absolute atomic E-state index is 0.00938. The molecule has 3 aromatic rings. The van der Waals surface area contributed by atoms with Crippen molar-refractivity contribution in [3.63, 3.8) is 0 Å². The summed E-state index contributed by atoms with van der Waals surface area (Å²) in [5.41, 5.74) is 3.77. The molecule has 0 atom stereocenters. The molecule has 2 aromatic carbocycles. The molecule has 0 aliphatic rings. The number of aliphatic hydroxyl groups excluding tert-OH is 1. The molecule has 3 rings (SSSR count). The first-order chi connectivity index (χ1) is 12.1. The first-order valence-electron chi connectivity index (χ1n) is 8.09. The molecule has 0 amide bonds. The van der Waals surface area contributed by atoms with Gasteiger partial charge in [0, 0.05) is 18.1 Å². The van der Waals surface area contributed by atoms with Crippen LogP contribution in [0.5, 0.6) is 0 Å². The van der Waals surface area contributed by atoms with Crippen LogP contribution < -0.4 is 0 Å². The van der Waals surface area contributed by atoms with Crippen LogP contribution in [0.4, 0.5) is 0 Å². The Hall–Kier alpha value is -2.92. The standard InChI is InChI=1S/C20H19NO4/c22-13-14-2-1-3-16(10-14)17-5-4-15-8-9-21(19(15)11-17)12-18(23)6-7-20(24)25/h1-5,8-11,22H,6-7,12-13H2,(H,24,25). The zero-order valence-electron chi connectivity index (χ0n) is 13.7. The number of hydrogen-bond acceptors (Lipinski definition) is 3. The number of aromatic nitrogens is 1. The number of carboxylic acids is 1. The normalized spacial score (nSPS) is 10.9. The second kappa shape index (κ2) is 7.32. The number of benzene rings is 2. The number of nitrogens with zero attached hydrogens (tertiary/aromatic N) is 1.